The van der Waals surface area contributed by atoms with Gasteiger partial charge in [-0.05, 0) is 51.4 Å². The second-order valence-corrected chi connectivity index (χ2v) is 6.60. The first-order valence-electron chi connectivity index (χ1n) is 8.54. The van der Waals surface area contributed by atoms with Gasteiger partial charge in [-0.15, -0.1) is 0 Å². The summed E-state index contributed by atoms with van der Waals surface area (Å²) >= 11 is 0. The van der Waals surface area contributed by atoms with Crippen molar-refractivity contribution in [3.05, 3.63) is 29.6 Å². The number of piperidine rings is 1. The number of aromatic amines is 1. The number of aryl methyl sites for hydroxylation is 1. The summed E-state index contributed by atoms with van der Waals surface area (Å²) in [5, 5.41) is 2.98. The Bertz CT molecular complexity index is 679. The summed E-state index contributed by atoms with van der Waals surface area (Å²) < 4.78 is 0. The summed E-state index contributed by atoms with van der Waals surface area (Å²) in [6.07, 6.45) is 5.32. The molecule has 1 amide bonds. The fourth-order valence-electron chi connectivity index (χ4n) is 3.39. The van der Waals surface area contributed by atoms with Crippen molar-refractivity contribution >= 4 is 16.9 Å². The van der Waals surface area contributed by atoms with E-state index in [0.29, 0.717) is 19.0 Å². The van der Waals surface area contributed by atoms with Crippen molar-refractivity contribution < 1.29 is 4.79 Å². The summed E-state index contributed by atoms with van der Waals surface area (Å²) in [6.45, 7) is 3.67. The Kier molecular flexibility index (Phi) is 4.96. The average molecular weight is 314 g/mol. The first-order valence-corrected chi connectivity index (χ1v) is 8.54. The molecule has 0 unspecified atom stereocenters. The van der Waals surface area contributed by atoms with E-state index in [2.05, 4.69) is 27.2 Å². The third-order valence-electron chi connectivity index (χ3n) is 4.84. The Hall–Kier alpha value is -1.88. The summed E-state index contributed by atoms with van der Waals surface area (Å²) in [5.41, 5.74) is 3.16. The first-order chi connectivity index (χ1) is 11.1. The second-order valence-electron chi connectivity index (χ2n) is 6.60. The predicted octanol–water partition coefficient (Wildman–Crippen LogP) is 2.75. The van der Waals surface area contributed by atoms with Crippen LogP contribution >= 0.6 is 0 Å². The number of aromatic nitrogens is 2. The lowest BCUT2D eigenvalue weighted by atomic mass is 9.98. The Morgan fingerprint density at radius 2 is 2.30 bits per heavy atom. The van der Waals surface area contributed by atoms with Gasteiger partial charge in [-0.2, -0.15) is 0 Å². The molecule has 1 aliphatic heterocycles. The van der Waals surface area contributed by atoms with E-state index in [9.17, 15) is 4.79 Å². The van der Waals surface area contributed by atoms with E-state index in [1.54, 1.807) is 0 Å². The molecule has 2 N–H and O–H groups in total. The summed E-state index contributed by atoms with van der Waals surface area (Å²) in [6, 6.07) is 6.63. The molecule has 124 valence electrons. The molecule has 23 heavy (non-hydrogen) atoms. The van der Waals surface area contributed by atoms with Gasteiger partial charge in [-0.3, -0.25) is 4.79 Å². The molecule has 1 aromatic carbocycles. The number of benzene rings is 1. The van der Waals surface area contributed by atoms with E-state index in [1.807, 2.05) is 25.1 Å². The molecule has 0 saturated carbocycles. The third kappa shape index (κ3) is 3.91. The summed E-state index contributed by atoms with van der Waals surface area (Å²) in [4.78, 5) is 22.3. The molecular formula is C18H26N4O. The van der Waals surface area contributed by atoms with Crippen LogP contribution in [0, 0.1) is 6.92 Å². The highest BCUT2D eigenvalue weighted by atomic mass is 16.1. The Morgan fingerprint density at radius 3 is 3.09 bits per heavy atom. The van der Waals surface area contributed by atoms with Crippen LogP contribution in [-0.4, -0.2) is 40.4 Å². The fraction of sp³-hybridized carbons (Fsp3) is 0.556. The Balaban J connectivity index is 1.49. The van der Waals surface area contributed by atoms with E-state index in [1.165, 1.54) is 19.3 Å². The number of H-pyrrole nitrogens is 1. The molecule has 1 atom stereocenters. The molecule has 1 saturated heterocycles. The molecule has 1 aliphatic rings. The van der Waals surface area contributed by atoms with Crippen molar-refractivity contribution in [1.29, 1.82) is 0 Å². The fourth-order valence-corrected chi connectivity index (χ4v) is 3.39. The Labute approximate surface area is 137 Å². The number of carbonyl (C=O) groups excluding carboxylic acids is 1. The minimum absolute atomic E-state index is 0.112. The van der Waals surface area contributed by atoms with Crippen LogP contribution in [0.5, 0.6) is 0 Å². The number of nitrogens with zero attached hydrogens (tertiary/aromatic N) is 2. The van der Waals surface area contributed by atoms with Crippen molar-refractivity contribution in [2.24, 2.45) is 0 Å². The van der Waals surface area contributed by atoms with Gasteiger partial charge in [0, 0.05) is 12.5 Å². The van der Waals surface area contributed by atoms with Crippen molar-refractivity contribution in [2.45, 2.75) is 51.6 Å². The highest BCUT2D eigenvalue weighted by molar-refractivity contribution is 5.79. The van der Waals surface area contributed by atoms with Crippen LogP contribution in [0.3, 0.4) is 0 Å². The smallest absolute Gasteiger partial charge is 0.220 e. The molecule has 0 aliphatic carbocycles. The molecule has 1 aromatic heterocycles. The molecule has 1 fully saturated rings. The number of imidazole rings is 1. The number of fused-ring (bicyclic) bond motifs is 1. The van der Waals surface area contributed by atoms with Gasteiger partial charge >= 0.3 is 0 Å². The van der Waals surface area contributed by atoms with Crippen molar-refractivity contribution in [3.63, 3.8) is 0 Å². The van der Waals surface area contributed by atoms with E-state index in [0.717, 1.165) is 35.4 Å². The van der Waals surface area contributed by atoms with Gasteiger partial charge in [-0.25, -0.2) is 4.98 Å². The Morgan fingerprint density at radius 1 is 1.43 bits per heavy atom. The van der Waals surface area contributed by atoms with Crippen LogP contribution in [-0.2, 0) is 11.3 Å². The van der Waals surface area contributed by atoms with Gasteiger partial charge in [0.1, 0.15) is 5.82 Å². The summed E-state index contributed by atoms with van der Waals surface area (Å²) in [5.74, 6) is 0.929. The molecule has 0 radical (unpaired) electrons. The van der Waals surface area contributed by atoms with Gasteiger partial charge < -0.3 is 15.2 Å². The van der Waals surface area contributed by atoms with Crippen molar-refractivity contribution in [1.82, 2.24) is 20.2 Å². The molecular weight excluding hydrogens is 288 g/mol. The number of rotatable bonds is 5. The van der Waals surface area contributed by atoms with Gasteiger partial charge in [0.15, 0.2) is 0 Å². The van der Waals surface area contributed by atoms with E-state index < -0.39 is 0 Å². The van der Waals surface area contributed by atoms with Crippen LogP contribution in [0.15, 0.2) is 18.2 Å². The minimum atomic E-state index is 0.112. The van der Waals surface area contributed by atoms with Gasteiger partial charge in [0.05, 0.1) is 17.6 Å². The van der Waals surface area contributed by atoms with Gasteiger partial charge in [0.2, 0.25) is 5.91 Å². The van der Waals surface area contributed by atoms with Crippen LogP contribution in [0.2, 0.25) is 0 Å². The zero-order valence-corrected chi connectivity index (χ0v) is 14.1. The van der Waals surface area contributed by atoms with Crippen LogP contribution in [0.25, 0.3) is 11.0 Å². The molecule has 0 bridgehead atoms. The lowest BCUT2D eigenvalue weighted by Crippen LogP contribution is -2.37. The van der Waals surface area contributed by atoms with Crippen LogP contribution < -0.4 is 5.32 Å². The van der Waals surface area contributed by atoms with E-state index >= 15 is 0 Å². The standard InChI is InChI=1S/C18H26N4O/c1-13-6-5-8-15-18(13)21-16(20-15)12-19-17(23)10-9-14-7-3-4-11-22(14)2/h5-6,8,14H,3-4,7,9-12H2,1-2H3,(H,19,23)(H,20,21)/t14-/m0/s1. The SMILES string of the molecule is Cc1cccc2[nH]c(CNC(=O)CC[C@@H]3CCCCN3C)nc12. The highest BCUT2D eigenvalue weighted by Crippen LogP contribution is 2.19. The van der Waals surface area contributed by atoms with Crippen LogP contribution in [0.4, 0.5) is 0 Å². The third-order valence-corrected chi connectivity index (χ3v) is 4.84. The number of para-hydroxylation sites is 1. The molecule has 2 heterocycles. The normalized spacial score (nSPS) is 19.1. The monoisotopic (exact) mass is 314 g/mol. The topological polar surface area (TPSA) is 61.0 Å². The highest BCUT2D eigenvalue weighted by Gasteiger charge is 2.19. The number of nitrogens with one attached hydrogen (secondary N) is 2. The molecule has 2 aromatic rings. The molecule has 5 heteroatoms. The zero-order valence-electron chi connectivity index (χ0n) is 14.1. The number of hydrogen-bond donors (Lipinski definition) is 2. The van der Waals surface area contributed by atoms with Gasteiger partial charge in [-0.1, -0.05) is 18.6 Å². The quantitative estimate of drug-likeness (QED) is 0.892. The molecule has 3 rings (SSSR count). The maximum Gasteiger partial charge on any atom is 0.220 e. The lowest BCUT2D eigenvalue weighted by Gasteiger charge is -2.32. The number of likely N-dealkylation sites (tertiary alicyclic amines) is 1. The molecule has 0 spiro atoms. The van der Waals surface area contributed by atoms with Crippen LogP contribution in [0.1, 0.15) is 43.5 Å². The zero-order chi connectivity index (χ0) is 16.2. The summed E-state index contributed by atoms with van der Waals surface area (Å²) in [7, 11) is 2.17. The maximum absolute atomic E-state index is 12.1. The molecule has 5 nitrogen and oxygen atoms in total. The van der Waals surface area contributed by atoms with E-state index in [-0.39, 0.29) is 5.91 Å². The predicted molar refractivity (Wildman–Crippen MR) is 92.2 cm³/mol. The van der Waals surface area contributed by atoms with E-state index in [4.69, 9.17) is 0 Å². The largest absolute Gasteiger partial charge is 0.349 e. The van der Waals surface area contributed by atoms with Crippen molar-refractivity contribution in [2.75, 3.05) is 13.6 Å². The number of hydrogen-bond acceptors (Lipinski definition) is 3. The second kappa shape index (κ2) is 7.13. The maximum atomic E-state index is 12.1. The first kappa shape index (κ1) is 16.0. The number of carbonyl (C=O) groups is 1. The van der Waals surface area contributed by atoms with Gasteiger partial charge in [0.25, 0.3) is 0 Å². The van der Waals surface area contributed by atoms with Crippen molar-refractivity contribution in [3.8, 4) is 0 Å². The lowest BCUT2D eigenvalue weighted by molar-refractivity contribution is -0.121. The number of amides is 1. The minimum Gasteiger partial charge on any atom is -0.349 e. The average Bonchev–Trinajstić information content (AvgIpc) is 2.97.